The van der Waals surface area contributed by atoms with Crippen molar-refractivity contribution in [2.45, 2.75) is 33.1 Å². The molecule has 7 heteroatoms. The molecule has 174 valence electrons. The normalized spacial score (nSPS) is 12.0. The van der Waals surface area contributed by atoms with Gasteiger partial charge in [0.1, 0.15) is 24.8 Å². The molecule has 1 atom stereocenters. The van der Waals surface area contributed by atoms with Crippen LogP contribution in [0.3, 0.4) is 0 Å². The minimum absolute atomic E-state index is 0.0887. The minimum atomic E-state index is -0.911. The van der Waals surface area contributed by atoms with Crippen LogP contribution in [0.15, 0.2) is 82.0 Å². The molecular formula is C27H25NO6. The molecular weight excluding hydrogens is 434 g/mol. The predicted molar refractivity (Wildman–Crippen MR) is 128 cm³/mol. The van der Waals surface area contributed by atoms with Gasteiger partial charge in [0.05, 0.1) is 0 Å². The van der Waals surface area contributed by atoms with E-state index in [4.69, 9.17) is 13.9 Å². The number of benzene rings is 3. The van der Waals surface area contributed by atoms with Crippen LogP contribution in [0.2, 0.25) is 0 Å². The molecule has 3 aromatic carbocycles. The van der Waals surface area contributed by atoms with E-state index in [1.165, 1.54) is 6.07 Å². The Kier molecular flexibility index (Phi) is 6.92. The first-order chi connectivity index (χ1) is 16.4. The summed E-state index contributed by atoms with van der Waals surface area (Å²) >= 11 is 0. The Labute approximate surface area is 196 Å². The second-order valence-electron chi connectivity index (χ2n) is 8.29. The third kappa shape index (κ3) is 5.26. The summed E-state index contributed by atoms with van der Waals surface area (Å²) < 4.78 is 16.1. The highest BCUT2D eigenvalue weighted by atomic mass is 16.6. The molecule has 0 bridgehead atoms. The lowest BCUT2D eigenvalue weighted by atomic mass is 10.0. The van der Waals surface area contributed by atoms with Crippen LogP contribution in [-0.4, -0.2) is 18.1 Å². The molecule has 0 aliphatic heterocycles. The number of alkyl carbamates (subject to hydrolysis) is 1. The number of fused-ring (bicyclic) bond motifs is 3. The van der Waals surface area contributed by atoms with Crippen LogP contribution < -0.4 is 10.9 Å². The fourth-order valence-corrected chi connectivity index (χ4v) is 3.76. The molecule has 0 saturated carbocycles. The van der Waals surface area contributed by atoms with Gasteiger partial charge in [-0.05, 0) is 28.3 Å². The Balaban J connectivity index is 1.48. The van der Waals surface area contributed by atoms with Crippen molar-refractivity contribution in [3.63, 3.8) is 0 Å². The van der Waals surface area contributed by atoms with Gasteiger partial charge in [-0.3, -0.25) is 0 Å². The fourth-order valence-electron chi connectivity index (χ4n) is 3.76. The molecule has 0 fully saturated rings. The lowest BCUT2D eigenvalue weighted by molar-refractivity contribution is -0.148. The zero-order valence-corrected chi connectivity index (χ0v) is 18.9. The zero-order chi connectivity index (χ0) is 24.1. The molecule has 0 saturated heterocycles. The maximum atomic E-state index is 12.9. The molecule has 1 aromatic heterocycles. The predicted octanol–water partition coefficient (Wildman–Crippen LogP) is 4.94. The summed E-state index contributed by atoms with van der Waals surface area (Å²) in [6.07, 6.45) is -0.712. The molecule has 0 spiro atoms. The lowest BCUT2D eigenvalue weighted by Crippen LogP contribution is -2.45. The summed E-state index contributed by atoms with van der Waals surface area (Å²) in [6.45, 7) is 3.54. The third-order valence-electron chi connectivity index (χ3n) is 5.49. The summed E-state index contributed by atoms with van der Waals surface area (Å²) in [4.78, 5) is 37.2. The number of carbonyl (C=O) groups excluding carboxylic acids is 2. The van der Waals surface area contributed by atoms with E-state index in [0.29, 0.717) is 16.5 Å². The SMILES string of the molecule is CC(C)[C@@H](NC(=O)OCc1ccccc1)C(=O)OCc1cc(=O)oc2ccc3ccccc3c12. The molecule has 4 rings (SSSR count). The highest BCUT2D eigenvalue weighted by Gasteiger charge is 2.27. The number of carbonyl (C=O) groups is 2. The molecule has 7 nitrogen and oxygen atoms in total. The minimum Gasteiger partial charge on any atom is -0.459 e. The van der Waals surface area contributed by atoms with Gasteiger partial charge in [0, 0.05) is 17.0 Å². The molecule has 0 aliphatic rings. The van der Waals surface area contributed by atoms with Crippen molar-refractivity contribution < 1.29 is 23.5 Å². The van der Waals surface area contributed by atoms with E-state index in [9.17, 15) is 14.4 Å². The zero-order valence-electron chi connectivity index (χ0n) is 18.9. The van der Waals surface area contributed by atoms with Crippen LogP contribution in [0.25, 0.3) is 21.7 Å². The topological polar surface area (TPSA) is 94.8 Å². The summed E-state index contributed by atoms with van der Waals surface area (Å²) in [7, 11) is 0. The fraction of sp³-hybridized carbons (Fsp3) is 0.222. The Hall–Kier alpha value is -4.13. The second-order valence-corrected chi connectivity index (χ2v) is 8.29. The summed E-state index contributed by atoms with van der Waals surface area (Å²) in [5, 5.41) is 5.15. The monoisotopic (exact) mass is 459 g/mol. The first kappa shape index (κ1) is 23.0. The van der Waals surface area contributed by atoms with Crippen LogP contribution in [0.1, 0.15) is 25.0 Å². The Bertz CT molecular complexity index is 1380. The van der Waals surface area contributed by atoms with Crippen LogP contribution in [0.5, 0.6) is 0 Å². The van der Waals surface area contributed by atoms with E-state index < -0.39 is 23.7 Å². The molecule has 1 amide bonds. The molecule has 0 radical (unpaired) electrons. The first-order valence-electron chi connectivity index (χ1n) is 11.0. The number of hydrogen-bond acceptors (Lipinski definition) is 6. The van der Waals surface area contributed by atoms with E-state index in [2.05, 4.69) is 5.32 Å². The van der Waals surface area contributed by atoms with Gasteiger partial charge < -0.3 is 19.2 Å². The second kappa shape index (κ2) is 10.2. The summed E-state index contributed by atoms with van der Waals surface area (Å²) in [6, 6.07) is 20.9. The quantitative estimate of drug-likeness (QED) is 0.239. The third-order valence-corrected chi connectivity index (χ3v) is 5.49. The maximum absolute atomic E-state index is 12.9. The Morgan fingerprint density at radius 1 is 0.912 bits per heavy atom. The molecule has 4 aromatic rings. The van der Waals surface area contributed by atoms with Gasteiger partial charge in [-0.15, -0.1) is 0 Å². The molecule has 1 N–H and O–H groups in total. The van der Waals surface area contributed by atoms with Crippen molar-refractivity contribution >= 4 is 33.8 Å². The van der Waals surface area contributed by atoms with Crippen molar-refractivity contribution in [3.05, 3.63) is 94.3 Å². The van der Waals surface area contributed by atoms with Crippen molar-refractivity contribution in [1.82, 2.24) is 5.32 Å². The van der Waals surface area contributed by atoms with E-state index in [1.54, 1.807) is 19.9 Å². The van der Waals surface area contributed by atoms with E-state index in [0.717, 1.165) is 16.3 Å². The maximum Gasteiger partial charge on any atom is 0.408 e. The number of hydrogen-bond donors (Lipinski definition) is 1. The van der Waals surface area contributed by atoms with Crippen LogP contribution in [0, 0.1) is 5.92 Å². The van der Waals surface area contributed by atoms with Gasteiger partial charge in [-0.25, -0.2) is 14.4 Å². The van der Waals surface area contributed by atoms with Crippen molar-refractivity contribution in [2.24, 2.45) is 5.92 Å². The van der Waals surface area contributed by atoms with Gasteiger partial charge >= 0.3 is 17.7 Å². The summed E-state index contributed by atoms with van der Waals surface area (Å²) in [5.74, 6) is -0.858. The molecule has 0 unspecified atom stereocenters. The van der Waals surface area contributed by atoms with Crippen LogP contribution in [-0.2, 0) is 27.5 Å². The average Bonchev–Trinajstić information content (AvgIpc) is 2.84. The number of ether oxygens (including phenoxy) is 2. The Morgan fingerprint density at radius 3 is 2.41 bits per heavy atom. The Morgan fingerprint density at radius 2 is 1.65 bits per heavy atom. The smallest absolute Gasteiger partial charge is 0.408 e. The van der Waals surface area contributed by atoms with Gasteiger partial charge in [0.25, 0.3) is 0 Å². The molecule has 1 heterocycles. The number of nitrogens with one attached hydrogen (secondary N) is 1. The lowest BCUT2D eigenvalue weighted by Gasteiger charge is -2.21. The van der Waals surface area contributed by atoms with E-state index >= 15 is 0 Å². The van der Waals surface area contributed by atoms with Gasteiger partial charge in [-0.1, -0.05) is 74.5 Å². The van der Waals surface area contributed by atoms with Gasteiger partial charge in [-0.2, -0.15) is 0 Å². The molecule has 34 heavy (non-hydrogen) atoms. The number of rotatable bonds is 7. The van der Waals surface area contributed by atoms with Crippen molar-refractivity contribution in [2.75, 3.05) is 0 Å². The van der Waals surface area contributed by atoms with Crippen LogP contribution >= 0.6 is 0 Å². The van der Waals surface area contributed by atoms with Crippen molar-refractivity contribution in [3.8, 4) is 0 Å². The number of esters is 1. The van der Waals surface area contributed by atoms with E-state index in [-0.39, 0.29) is 19.1 Å². The standard InChI is InChI=1S/C27H25NO6/c1-17(2)25(28-27(31)33-15-18-8-4-3-5-9-18)26(30)32-16-20-14-23(29)34-22-13-12-19-10-6-7-11-21(19)24(20)22/h3-14,17,25H,15-16H2,1-2H3,(H,28,31)/t25-/m1/s1. The highest BCUT2D eigenvalue weighted by molar-refractivity contribution is 6.07. The largest absolute Gasteiger partial charge is 0.459 e. The first-order valence-corrected chi connectivity index (χ1v) is 11.0. The average molecular weight is 459 g/mol. The highest BCUT2D eigenvalue weighted by Crippen LogP contribution is 2.28. The van der Waals surface area contributed by atoms with Gasteiger partial charge in [0.2, 0.25) is 0 Å². The molecule has 0 aliphatic carbocycles. The summed E-state index contributed by atoms with van der Waals surface area (Å²) in [5.41, 5.74) is 1.26. The number of amides is 1. The van der Waals surface area contributed by atoms with E-state index in [1.807, 2.05) is 60.7 Å². The van der Waals surface area contributed by atoms with Crippen LogP contribution in [0.4, 0.5) is 4.79 Å². The van der Waals surface area contributed by atoms with Gasteiger partial charge in [0.15, 0.2) is 0 Å². The van der Waals surface area contributed by atoms with Crippen molar-refractivity contribution in [1.29, 1.82) is 0 Å².